The van der Waals surface area contributed by atoms with Crippen molar-refractivity contribution in [2.45, 2.75) is 50.3 Å². The average molecular weight is 571 g/mol. The Morgan fingerprint density at radius 3 is 2.74 bits per heavy atom. The van der Waals surface area contributed by atoms with Gasteiger partial charge in [0.05, 0.1) is 10.9 Å². The van der Waals surface area contributed by atoms with Crippen molar-refractivity contribution in [1.82, 2.24) is 25.2 Å². The molecule has 0 aliphatic carbocycles. The summed E-state index contributed by atoms with van der Waals surface area (Å²) in [5.74, 6) is 1.50. The molecule has 42 heavy (non-hydrogen) atoms. The van der Waals surface area contributed by atoms with Crippen LogP contribution in [0.15, 0.2) is 30.5 Å². The van der Waals surface area contributed by atoms with Gasteiger partial charge in [0.15, 0.2) is 5.82 Å². The molecular formula is C32H32F2N6O2. The second kappa shape index (κ2) is 10.0. The minimum atomic E-state index is -0.721. The Balaban J connectivity index is 1.40. The smallest absolute Gasteiger partial charge is 0.319 e. The number of fused-ring (bicyclic) bond motifs is 2. The lowest BCUT2D eigenvalue weighted by Gasteiger charge is -2.39. The van der Waals surface area contributed by atoms with Crippen molar-refractivity contribution < 1.29 is 18.6 Å². The zero-order valence-corrected chi connectivity index (χ0v) is 23.6. The van der Waals surface area contributed by atoms with Gasteiger partial charge in [-0.15, -0.1) is 6.42 Å². The fraction of sp³-hybridized carbons (Fsp3) is 0.406. The number of hydrogen-bond donors (Lipinski definition) is 2. The molecule has 2 aromatic heterocycles. The van der Waals surface area contributed by atoms with Gasteiger partial charge >= 0.3 is 6.01 Å². The maximum Gasteiger partial charge on any atom is 0.319 e. The third-order valence-corrected chi connectivity index (χ3v) is 9.26. The van der Waals surface area contributed by atoms with Crippen molar-refractivity contribution >= 4 is 27.5 Å². The number of nitrogens with zero attached hydrogens (tertiary/aromatic N) is 5. The van der Waals surface area contributed by atoms with Crippen LogP contribution in [0, 0.1) is 24.0 Å². The Labute approximate surface area is 242 Å². The number of rotatable bonds is 5. The van der Waals surface area contributed by atoms with Gasteiger partial charge in [0.25, 0.3) is 0 Å². The van der Waals surface area contributed by atoms with Crippen LogP contribution in [0.2, 0.25) is 0 Å². The fourth-order valence-electron chi connectivity index (χ4n) is 6.91. The number of likely N-dealkylation sites (N-methyl/N-ethyl adjacent to an activating group) is 1. The Hall–Kier alpha value is -4.07. The van der Waals surface area contributed by atoms with Crippen LogP contribution >= 0.6 is 0 Å². The number of likely N-dealkylation sites (tertiary alicyclic amines) is 1. The van der Waals surface area contributed by atoms with E-state index in [-0.39, 0.29) is 51.8 Å². The predicted molar refractivity (Wildman–Crippen MR) is 158 cm³/mol. The van der Waals surface area contributed by atoms with E-state index in [2.05, 4.69) is 38.1 Å². The van der Waals surface area contributed by atoms with Gasteiger partial charge in [0, 0.05) is 41.8 Å². The fourth-order valence-corrected chi connectivity index (χ4v) is 6.91. The number of terminal acetylenes is 1. The van der Waals surface area contributed by atoms with Crippen LogP contribution < -0.4 is 15.0 Å². The van der Waals surface area contributed by atoms with Crippen LogP contribution in [0.1, 0.15) is 38.2 Å². The summed E-state index contributed by atoms with van der Waals surface area (Å²) >= 11 is 0. The van der Waals surface area contributed by atoms with Crippen molar-refractivity contribution in [3.63, 3.8) is 0 Å². The van der Waals surface area contributed by atoms with E-state index in [4.69, 9.17) is 16.1 Å². The quantitative estimate of drug-likeness (QED) is 0.337. The van der Waals surface area contributed by atoms with Gasteiger partial charge in [-0.2, -0.15) is 9.97 Å². The second-order valence-corrected chi connectivity index (χ2v) is 11.8. The third-order valence-electron chi connectivity index (χ3n) is 9.26. The summed E-state index contributed by atoms with van der Waals surface area (Å²) in [4.78, 5) is 18.3. The zero-order valence-electron chi connectivity index (χ0n) is 23.6. The van der Waals surface area contributed by atoms with Crippen LogP contribution in [-0.4, -0.2) is 75.9 Å². The van der Waals surface area contributed by atoms with E-state index < -0.39 is 11.6 Å². The van der Waals surface area contributed by atoms with Gasteiger partial charge in [-0.1, -0.05) is 12.0 Å². The molecule has 3 aliphatic rings. The van der Waals surface area contributed by atoms with Crippen molar-refractivity contribution in [2.75, 3.05) is 38.1 Å². The summed E-state index contributed by atoms with van der Waals surface area (Å²) in [6.45, 7) is 5.46. The number of ether oxygens (including phenoxy) is 1. The normalized spacial score (nSPS) is 23.0. The first-order valence-electron chi connectivity index (χ1n) is 14.4. The first kappa shape index (κ1) is 26.8. The lowest BCUT2D eigenvalue weighted by atomic mass is 9.87. The lowest BCUT2D eigenvalue weighted by molar-refractivity contribution is 0.112. The molecule has 2 N–H and O–H groups in total. The van der Waals surface area contributed by atoms with Crippen LogP contribution in [0.25, 0.3) is 32.9 Å². The molecule has 7 rings (SSSR count). The number of nitrogens with one attached hydrogen (secondary N) is 1. The standard InChI is InChI=1S/C32H32F2N6O2/c1-4-21-24(33)8-7-19-14-20(41)15-22(26(19)21)28-27(34)29-23(16-35-28)30(40-13-10-32(17-40)9-11-36-32)38-31(37-29)42-18(2)25-6-5-12-39(25)3/h1,7-8,14-16,18,25,36,41H,5-6,9-13,17H2,2-3H3/t18-,25-,32?/m0/s1. The SMILES string of the molecule is C#Cc1c(F)ccc2cc(O)cc(-c3ncc4c(N5CCC6(CCN6)C5)nc(O[C@@H](C)[C@@H]5CCCN5C)nc4c3F)c12. The van der Waals surface area contributed by atoms with E-state index in [1.54, 1.807) is 6.20 Å². The van der Waals surface area contributed by atoms with Gasteiger partial charge in [-0.3, -0.25) is 9.88 Å². The number of pyridine rings is 1. The number of phenols is 1. The van der Waals surface area contributed by atoms with E-state index in [1.807, 2.05) is 6.92 Å². The highest BCUT2D eigenvalue weighted by atomic mass is 19.1. The van der Waals surface area contributed by atoms with Crippen molar-refractivity contribution in [3.05, 3.63) is 47.7 Å². The molecule has 5 heterocycles. The van der Waals surface area contributed by atoms with Gasteiger partial charge in [0.2, 0.25) is 0 Å². The topological polar surface area (TPSA) is 86.6 Å². The van der Waals surface area contributed by atoms with E-state index >= 15 is 4.39 Å². The first-order valence-corrected chi connectivity index (χ1v) is 14.4. The second-order valence-electron chi connectivity index (χ2n) is 11.8. The molecular weight excluding hydrogens is 538 g/mol. The minimum absolute atomic E-state index is 0.0268. The molecule has 216 valence electrons. The summed E-state index contributed by atoms with van der Waals surface area (Å²) in [5.41, 5.74) is 0.147. The highest BCUT2D eigenvalue weighted by Crippen LogP contribution is 2.40. The molecule has 1 unspecified atom stereocenters. The Morgan fingerprint density at radius 1 is 1.21 bits per heavy atom. The number of phenolic OH excluding ortho intramolecular Hbond substituents is 1. The number of benzene rings is 2. The van der Waals surface area contributed by atoms with Gasteiger partial charge in [-0.25, -0.2) is 8.78 Å². The summed E-state index contributed by atoms with van der Waals surface area (Å²) in [5, 5.41) is 15.3. The Bertz CT molecular complexity index is 1770. The molecule has 0 saturated carbocycles. The zero-order chi connectivity index (χ0) is 29.2. The molecule has 3 aliphatic heterocycles. The summed E-state index contributed by atoms with van der Waals surface area (Å²) < 4.78 is 37.7. The van der Waals surface area contributed by atoms with Crippen molar-refractivity contribution in [2.24, 2.45) is 0 Å². The van der Waals surface area contributed by atoms with Crippen molar-refractivity contribution in [3.8, 4) is 35.4 Å². The van der Waals surface area contributed by atoms with Crippen LogP contribution in [0.4, 0.5) is 14.6 Å². The first-order chi connectivity index (χ1) is 20.3. The Morgan fingerprint density at radius 2 is 2.05 bits per heavy atom. The maximum absolute atomic E-state index is 16.7. The molecule has 10 heteroatoms. The van der Waals surface area contributed by atoms with Gasteiger partial charge in [0.1, 0.15) is 34.7 Å². The molecule has 8 nitrogen and oxygen atoms in total. The van der Waals surface area contributed by atoms with Gasteiger partial charge < -0.3 is 20.1 Å². The summed E-state index contributed by atoms with van der Waals surface area (Å²) in [6.07, 6.45) is 11.1. The molecule has 1 spiro atoms. The molecule has 4 aromatic rings. The molecule has 3 fully saturated rings. The largest absolute Gasteiger partial charge is 0.508 e. The van der Waals surface area contributed by atoms with Crippen LogP contribution in [-0.2, 0) is 0 Å². The number of anilines is 1. The molecule has 0 radical (unpaired) electrons. The van der Waals surface area contributed by atoms with E-state index in [0.29, 0.717) is 22.0 Å². The molecule has 2 aromatic carbocycles. The number of aromatic nitrogens is 3. The summed E-state index contributed by atoms with van der Waals surface area (Å²) in [6, 6.07) is 5.85. The lowest BCUT2D eigenvalue weighted by Crippen LogP contribution is -2.58. The van der Waals surface area contributed by atoms with E-state index in [9.17, 15) is 9.50 Å². The highest BCUT2D eigenvalue weighted by Gasteiger charge is 2.43. The van der Waals surface area contributed by atoms with Gasteiger partial charge in [-0.05, 0) is 76.3 Å². The number of aromatic hydroxyl groups is 1. The Kier molecular flexibility index (Phi) is 6.40. The molecule has 3 saturated heterocycles. The molecule has 3 atom stereocenters. The highest BCUT2D eigenvalue weighted by molar-refractivity contribution is 6.03. The molecule has 0 bridgehead atoms. The molecule has 0 amide bonds. The van der Waals surface area contributed by atoms with Crippen LogP contribution in [0.5, 0.6) is 11.8 Å². The average Bonchev–Trinajstić information content (AvgIpc) is 3.60. The third kappa shape index (κ3) is 4.30. The predicted octanol–water partition coefficient (Wildman–Crippen LogP) is 4.61. The maximum atomic E-state index is 16.7. The van der Waals surface area contributed by atoms with Crippen LogP contribution in [0.3, 0.4) is 0 Å². The minimum Gasteiger partial charge on any atom is -0.508 e. The van der Waals surface area contributed by atoms with Crippen molar-refractivity contribution in [1.29, 1.82) is 0 Å². The number of halogens is 2. The monoisotopic (exact) mass is 570 g/mol. The van der Waals surface area contributed by atoms with E-state index in [0.717, 1.165) is 51.9 Å². The number of hydrogen-bond acceptors (Lipinski definition) is 8. The summed E-state index contributed by atoms with van der Waals surface area (Å²) in [7, 11) is 2.07. The van der Waals surface area contributed by atoms with E-state index in [1.165, 1.54) is 24.3 Å².